The summed E-state index contributed by atoms with van der Waals surface area (Å²) in [5.74, 6) is -0.981. The predicted molar refractivity (Wildman–Crippen MR) is 71.0 cm³/mol. The van der Waals surface area contributed by atoms with Crippen LogP contribution in [0.2, 0.25) is 0 Å². The van der Waals surface area contributed by atoms with Crippen molar-refractivity contribution in [1.82, 2.24) is 10.6 Å². The van der Waals surface area contributed by atoms with Gasteiger partial charge in [0.1, 0.15) is 5.60 Å². The van der Waals surface area contributed by atoms with Gasteiger partial charge in [0.25, 0.3) is 5.91 Å². The summed E-state index contributed by atoms with van der Waals surface area (Å²) < 4.78 is 9.94. The largest absolute Gasteiger partial charge is 0.451 e. The summed E-state index contributed by atoms with van der Waals surface area (Å²) >= 11 is 0. The van der Waals surface area contributed by atoms with Gasteiger partial charge < -0.3 is 20.1 Å². The van der Waals surface area contributed by atoms with Gasteiger partial charge in [0, 0.05) is 13.0 Å². The van der Waals surface area contributed by atoms with Gasteiger partial charge in [-0.15, -0.1) is 0 Å². The summed E-state index contributed by atoms with van der Waals surface area (Å²) in [5.41, 5.74) is -0.628. The van der Waals surface area contributed by atoms with Crippen LogP contribution in [0.3, 0.4) is 0 Å². The molecule has 20 heavy (non-hydrogen) atoms. The predicted octanol–water partition coefficient (Wildman–Crippen LogP) is 0.721. The van der Waals surface area contributed by atoms with Gasteiger partial charge in [0.05, 0.1) is 6.54 Å². The van der Waals surface area contributed by atoms with E-state index >= 15 is 0 Å². The van der Waals surface area contributed by atoms with Gasteiger partial charge >= 0.3 is 12.1 Å². The zero-order valence-electron chi connectivity index (χ0n) is 12.3. The minimum atomic E-state index is -1.04. The first-order chi connectivity index (χ1) is 9.17. The molecule has 1 aliphatic rings. The molecular weight excluding hydrogens is 264 g/mol. The smallest absolute Gasteiger partial charge is 0.407 e. The van der Waals surface area contributed by atoms with Crippen molar-refractivity contribution in [3.05, 3.63) is 0 Å². The number of hydrogen-bond acceptors (Lipinski definition) is 5. The van der Waals surface area contributed by atoms with Gasteiger partial charge in [-0.25, -0.2) is 4.79 Å². The van der Waals surface area contributed by atoms with Gasteiger partial charge in [0.15, 0.2) is 6.10 Å². The van der Waals surface area contributed by atoms with E-state index in [0.717, 1.165) is 12.8 Å². The van der Waals surface area contributed by atoms with Crippen LogP contribution in [0.15, 0.2) is 0 Å². The molecule has 1 saturated carbocycles. The maximum atomic E-state index is 11.8. The van der Waals surface area contributed by atoms with Crippen LogP contribution in [0, 0.1) is 0 Å². The number of esters is 1. The summed E-state index contributed by atoms with van der Waals surface area (Å²) in [6, 6.07) is 0.155. The Balaban J connectivity index is 2.44. The van der Waals surface area contributed by atoms with Crippen molar-refractivity contribution in [1.29, 1.82) is 0 Å². The fourth-order valence-electron chi connectivity index (χ4n) is 1.40. The molecule has 0 radical (unpaired) electrons. The molecule has 0 aromatic heterocycles. The normalized spacial score (nSPS) is 16.0. The minimum absolute atomic E-state index is 0.118. The zero-order valence-corrected chi connectivity index (χ0v) is 12.3. The number of hydrogen-bond donors (Lipinski definition) is 2. The lowest BCUT2D eigenvalue weighted by molar-refractivity contribution is -0.153. The van der Waals surface area contributed by atoms with E-state index < -0.39 is 29.7 Å². The molecule has 1 fully saturated rings. The van der Waals surface area contributed by atoms with E-state index in [1.807, 2.05) is 0 Å². The van der Waals surface area contributed by atoms with Crippen LogP contribution in [0.1, 0.15) is 40.5 Å². The summed E-state index contributed by atoms with van der Waals surface area (Å²) in [7, 11) is 0. The molecule has 0 aliphatic heterocycles. The van der Waals surface area contributed by atoms with E-state index in [1.165, 1.54) is 6.92 Å². The van der Waals surface area contributed by atoms with Crippen molar-refractivity contribution in [3.63, 3.8) is 0 Å². The molecule has 0 aromatic rings. The third-order valence-electron chi connectivity index (χ3n) is 2.36. The van der Waals surface area contributed by atoms with E-state index in [4.69, 9.17) is 9.47 Å². The molecule has 0 spiro atoms. The molecule has 114 valence electrons. The number of amides is 2. The molecule has 0 heterocycles. The average Bonchev–Trinajstić information content (AvgIpc) is 3.04. The van der Waals surface area contributed by atoms with Crippen molar-refractivity contribution >= 4 is 18.0 Å². The van der Waals surface area contributed by atoms with E-state index in [-0.39, 0.29) is 12.6 Å². The first kappa shape index (κ1) is 16.3. The van der Waals surface area contributed by atoms with Crippen molar-refractivity contribution in [3.8, 4) is 0 Å². The van der Waals surface area contributed by atoms with Crippen LogP contribution in [0.4, 0.5) is 4.79 Å². The molecule has 0 bridgehead atoms. The number of ether oxygens (including phenoxy) is 2. The highest BCUT2D eigenvalue weighted by atomic mass is 16.6. The fourth-order valence-corrected chi connectivity index (χ4v) is 1.40. The number of alkyl carbamates (subject to hydrolysis) is 1. The zero-order chi connectivity index (χ0) is 15.3. The fraction of sp³-hybridized carbons (Fsp3) is 0.769. The van der Waals surface area contributed by atoms with Gasteiger partial charge in [-0.1, -0.05) is 0 Å². The first-order valence-electron chi connectivity index (χ1n) is 6.62. The number of rotatable bonds is 5. The number of carbonyl (C=O) groups excluding carboxylic acids is 3. The van der Waals surface area contributed by atoms with Crippen LogP contribution < -0.4 is 10.6 Å². The number of nitrogens with one attached hydrogen (secondary N) is 2. The van der Waals surface area contributed by atoms with Crippen molar-refractivity contribution in [2.45, 2.75) is 58.3 Å². The van der Waals surface area contributed by atoms with Crippen LogP contribution in [-0.2, 0) is 19.1 Å². The highest BCUT2D eigenvalue weighted by Gasteiger charge is 2.29. The monoisotopic (exact) mass is 286 g/mol. The van der Waals surface area contributed by atoms with E-state index in [9.17, 15) is 14.4 Å². The van der Waals surface area contributed by atoms with Crippen LogP contribution >= 0.6 is 0 Å². The number of carbonyl (C=O) groups is 3. The van der Waals surface area contributed by atoms with Crippen molar-refractivity contribution in [2.24, 2.45) is 0 Å². The van der Waals surface area contributed by atoms with Crippen molar-refractivity contribution < 1.29 is 23.9 Å². The summed E-state index contributed by atoms with van der Waals surface area (Å²) in [6.07, 6.45) is 0.158. The molecule has 1 unspecified atom stereocenters. The molecule has 0 saturated heterocycles. The Morgan fingerprint density at radius 2 is 1.85 bits per heavy atom. The van der Waals surface area contributed by atoms with Gasteiger partial charge in [-0.05, 0) is 33.6 Å². The molecule has 0 aromatic carbocycles. The van der Waals surface area contributed by atoms with Gasteiger partial charge in [-0.2, -0.15) is 0 Å². The molecular formula is C13H22N2O5. The van der Waals surface area contributed by atoms with Gasteiger partial charge in [0.2, 0.25) is 0 Å². The molecule has 2 amide bonds. The third-order valence-corrected chi connectivity index (χ3v) is 2.36. The van der Waals surface area contributed by atoms with Gasteiger partial charge in [-0.3, -0.25) is 9.59 Å². The topological polar surface area (TPSA) is 93.7 Å². The Morgan fingerprint density at radius 1 is 1.25 bits per heavy atom. The summed E-state index contributed by atoms with van der Waals surface area (Å²) in [5, 5.41) is 5.14. The molecule has 7 heteroatoms. The molecule has 2 N–H and O–H groups in total. The lowest BCUT2D eigenvalue weighted by atomic mass is 10.2. The highest BCUT2D eigenvalue weighted by Crippen LogP contribution is 2.18. The quantitative estimate of drug-likeness (QED) is 0.726. The van der Waals surface area contributed by atoms with E-state index in [1.54, 1.807) is 20.8 Å². The average molecular weight is 286 g/mol. The second kappa shape index (κ2) is 6.58. The summed E-state index contributed by atoms with van der Waals surface area (Å²) in [4.78, 5) is 34.3. The molecule has 1 atom stereocenters. The Kier molecular flexibility index (Phi) is 5.35. The second-order valence-electron chi connectivity index (χ2n) is 5.76. The Bertz CT molecular complexity index is 385. The van der Waals surface area contributed by atoms with E-state index in [2.05, 4.69) is 10.6 Å². The van der Waals surface area contributed by atoms with Crippen LogP contribution in [-0.4, -0.2) is 42.3 Å². The lowest BCUT2D eigenvalue weighted by Gasteiger charge is -2.21. The van der Waals surface area contributed by atoms with E-state index in [0.29, 0.717) is 0 Å². The molecule has 1 rings (SSSR count). The summed E-state index contributed by atoms with van der Waals surface area (Å²) in [6.45, 7) is 6.29. The Morgan fingerprint density at radius 3 is 2.30 bits per heavy atom. The molecule has 7 nitrogen and oxygen atoms in total. The van der Waals surface area contributed by atoms with Crippen LogP contribution in [0.5, 0.6) is 0 Å². The third kappa shape index (κ3) is 6.96. The minimum Gasteiger partial charge on any atom is -0.451 e. The maximum absolute atomic E-state index is 11.8. The Labute approximate surface area is 118 Å². The van der Waals surface area contributed by atoms with Crippen molar-refractivity contribution in [2.75, 3.05) is 6.54 Å². The van der Waals surface area contributed by atoms with Crippen LogP contribution in [0.25, 0.3) is 0 Å². The second-order valence-corrected chi connectivity index (χ2v) is 5.76. The Hall–Kier alpha value is -1.79. The molecule has 1 aliphatic carbocycles. The standard InChI is InChI=1S/C13H22N2O5/c1-8(16)19-10(11(17)15-9-5-6-9)7-14-12(18)20-13(2,3)4/h9-10H,5-7H2,1-4H3,(H,14,18)(H,15,17). The SMILES string of the molecule is CC(=O)OC(CNC(=O)OC(C)(C)C)C(=O)NC1CC1. The first-order valence-corrected chi connectivity index (χ1v) is 6.62. The highest BCUT2D eigenvalue weighted by molar-refractivity contribution is 5.84. The lowest BCUT2D eigenvalue weighted by Crippen LogP contribution is -2.46. The maximum Gasteiger partial charge on any atom is 0.407 e.